The molecular formula is C24H23ClN2O2S. The third kappa shape index (κ3) is 6.94. The standard InChI is InChI=1S/C24H23ClN2O2S/c1-17-6-12-23(13-7-17)30-18(2)24(28)27-26-15-19-8-10-22(11-9-19)29-16-20-4-3-5-21(25)14-20/h3-15,18H,16H2,1-2H3,(H,27,28)/b26-15-/t18-/m0/s1. The Morgan fingerprint density at radius 2 is 1.87 bits per heavy atom. The van der Waals surface area contributed by atoms with Gasteiger partial charge >= 0.3 is 0 Å². The van der Waals surface area contributed by atoms with E-state index in [0.717, 1.165) is 21.8 Å². The van der Waals surface area contributed by atoms with Gasteiger partial charge in [-0.15, -0.1) is 11.8 Å². The highest BCUT2D eigenvalue weighted by molar-refractivity contribution is 8.00. The van der Waals surface area contributed by atoms with Crippen LogP contribution >= 0.6 is 23.4 Å². The number of hydrogen-bond acceptors (Lipinski definition) is 4. The summed E-state index contributed by atoms with van der Waals surface area (Å²) < 4.78 is 5.76. The molecule has 0 aliphatic heterocycles. The molecule has 3 rings (SSSR count). The van der Waals surface area contributed by atoms with Crippen molar-refractivity contribution >= 4 is 35.5 Å². The van der Waals surface area contributed by atoms with E-state index >= 15 is 0 Å². The molecule has 1 atom stereocenters. The van der Waals surface area contributed by atoms with Gasteiger partial charge in [0.2, 0.25) is 0 Å². The molecule has 1 N–H and O–H groups in total. The molecule has 0 bridgehead atoms. The summed E-state index contributed by atoms with van der Waals surface area (Å²) in [4.78, 5) is 13.3. The van der Waals surface area contributed by atoms with E-state index in [1.807, 2.05) is 86.6 Å². The van der Waals surface area contributed by atoms with Crippen LogP contribution in [0.25, 0.3) is 0 Å². The molecule has 3 aromatic rings. The average molecular weight is 439 g/mol. The molecule has 0 unspecified atom stereocenters. The van der Waals surface area contributed by atoms with Crippen molar-refractivity contribution in [1.82, 2.24) is 5.43 Å². The Kier molecular flexibility index (Phi) is 7.94. The van der Waals surface area contributed by atoms with Gasteiger partial charge in [-0.2, -0.15) is 5.10 Å². The summed E-state index contributed by atoms with van der Waals surface area (Å²) in [6.45, 7) is 4.35. The van der Waals surface area contributed by atoms with E-state index in [0.29, 0.717) is 11.6 Å². The smallest absolute Gasteiger partial charge is 0.253 e. The van der Waals surface area contributed by atoms with E-state index in [1.165, 1.54) is 17.3 Å². The number of hydrogen-bond donors (Lipinski definition) is 1. The van der Waals surface area contributed by atoms with Crippen molar-refractivity contribution in [2.24, 2.45) is 5.10 Å². The second kappa shape index (κ2) is 10.9. The van der Waals surface area contributed by atoms with E-state index in [2.05, 4.69) is 10.5 Å². The van der Waals surface area contributed by atoms with Gasteiger partial charge in [-0.1, -0.05) is 41.4 Å². The molecule has 0 saturated carbocycles. The zero-order valence-electron chi connectivity index (χ0n) is 16.8. The monoisotopic (exact) mass is 438 g/mol. The maximum absolute atomic E-state index is 12.2. The molecular weight excluding hydrogens is 416 g/mol. The van der Waals surface area contributed by atoms with Crippen LogP contribution in [0.3, 0.4) is 0 Å². The fraction of sp³-hybridized carbons (Fsp3) is 0.167. The zero-order valence-corrected chi connectivity index (χ0v) is 18.4. The van der Waals surface area contributed by atoms with Crippen LogP contribution in [-0.2, 0) is 11.4 Å². The minimum atomic E-state index is -0.243. The summed E-state index contributed by atoms with van der Waals surface area (Å²) in [5.41, 5.74) is 5.66. The first-order chi connectivity index (χ1) is 14.5. The number of aryl methyl sites for hydroxylation is 1. The number of hydrazone groups is 1. The number of ether oxygens (including phenoxy) is 1. The largest absolute Gasteiger partial charge is 0.489 e. The summed E-state index contributed by atoms with van der Waals surface area (Å²) >= 11 is 7.48. The lowest BCUT2D eigenvalue weighted by Crippen LogP contribution is -2.26. The Labute approximate surface area is 186 Å². The number of benzene rings is 3. The predicted molar refractivity (Wildman–Crippen MR) is 124 cm³/mol. The van der Waals surface area contributed by atoms with E-state index < -0.39 is 0 Å². The van der Waals surface area contributed by atoms with Crippen LogP contribution in [0.1, 0.15) is 23.6 Å². The number of nitrogens with zero attached hydrogens (tertiary/aromatic N) is 1. The van der Waals surface area contributed by atoms with E-state index in [9.17, 15) is 4.79 Å². The van der Waals surface area contributed by atoms with E-state index in [-0.39, 0.29) is 11.2 Å². The van der Waals surface area contributed by atoms with Gasteiger partial charge in [0.1, 0.15) is 12.4 Å². The summed E-state index contributed by atoms with van der Waals surface area (Å²) in [5, 5.41) is 4.51. The Morgan fingerprint density at radius 3 is 2.57 bits per heavy atom. The lowest BCUT2D eigenvalue weighted by atomic mass is 10.2. The van der Waals surface area contributed by atoms with E-state index in [4.69, 9.17) is 16.3 Å². The molecule has 3 aromatic carbocycles. The van der Waals surface area contributed by atoms with E-state index in [1.54, 1.807) is 6.21 Å². The maximum atomic E-state index is 12.2. The summed E-state index contributed by atoms with van der Waals surface area (Å²) in [7, 11) is 0. The molecule has 0 radical (unpaired) electrons. The van der Waals surface area contributed by atoms with Crippen molar-refractivity contribution in [3.8, 4) is 5.75 Å². The number of carbonyl (C=O) groups excluding carboxylic acids is 1. The number of amides is 1. The highest BCUT2D eigenvalue weighted by atomic mass is 35.5. The van der Waals surface area contributed by atoms with Crippen molar-refractivity contribution in [3.05, 3.63) is 94.5 Å². The highest BCUT2D eigenvalue weighted by Crippen LogP contribution is 2.23. The summed E-state index contributed by atoms with van der Waals surface area (Å²) in [5.74, 6) is 0.609. The van der Waals surface area contributed by atoms with Crippen molar-refractivity contribution in [3.63, 3.8) is 0 Å². The number of thioether (sulfide) groups is 1. The predicted octanol–water partition coefficient (Wildman–Crippen LogP) is 5.86. The summed E-state index contributed by atoms with van der Waals surface area (Å²) in [6.07, 6.45) is 1.61. The molecule has 0 spiro atoms. The molecule has 0 fully saturated rings. The Balaban J connectivity index is 1.46. The lowest BCUT2D eigenvalue weighted by Gasteiger charge is -2.09. The average Bonchev–Trinajstić information content (AvgIpc) is 2.75. The number of nitrogens with one attached hydrogen (secondary N) is 1. The van der Waals surface area contributed by atoms with Gasteiger partial charge in [-0.25, -0.2) is 5.43 Å². The van der Waals surface area contributed by atoms with Crippen molar-refractivity contribution < 1.29 is 9.53 Å². The van der Waals surface area contributed by atoms with Gasteiger partial charge in [0.25, 0.3) is 5.91 Å². The fourth-order valence-electron chi connectivity index (χ4n) is 2.58. The number of rotatable bonds is 8. The molecule has 0 aromatic heterocycles. The summed E-state index contributed by atoms with van der Waals surface area (Å²) in [6, 6.07) is 23.2. The first kappa shape index (κ1) is 21.9. The lowest BCUT2D eigenvalue weighted by molar-refractivity contribution is -0.120. The maximum Gasteiger partial charge on any atom is 0.253 e. The SMILES string of the molecule is Cc1ccc(S[C@@H](C)C(=O)N/N=C\c2ccc(OCc3cccc(Cl)c3)cc2)cc1. The zero-order chi connectivity index (χ0) is 21.3. The van der Waals surface area contributed by atoms with Gasteiger partial charge in [0, 0.05) is 9.92 Å². The topological polar surface area (TPSA) is 50.7 Å². The van der Waals surface area contributed by atoms with Crippen molar-refractivity contribution in [2.45, 2.75) is 30.6 Å². The van der Waals surface area contributed by atoms with Crippen LogP contribution in [0.4, 0.5) is 0 Å². The fourth-order valence-corrected chi connectivity index (χ4v) is 3.65. The molecule has 6 heteroatoms. The van der Waals surface area contributed by atoms with Crippen molar-refractivity contribution in [2.75, 3.05) is 0 Å². The molecule has 0 heterocycles. The first-order valence-corrected chi connectivity index (χ1v) is 10.8. The minimum Gasteiger partial charge on any atom is -0.489 e. The second-order valence-electron chi connectivity index (χ2n) is 6.80. The molecule has 4 nitrogen and oxygen atoms in total. The number of carbonyl (C=O) groups is 1. The quantitative estimate of drug-likeness (QED) is 0.272. The second-order valence-corrected chi connectivity index (χ2v) is 8.65. The van der Waals surface area contributed by atoms with Crippen LogP contribution in [0.2, 0.25) is 5.02 Å². The minimum absolute atomic E-state index is 0.140. The van der Waals surface area contributed by atoms with Crippen LogP contribution in [0.5, 0.6) is 5.75 Å². The van der Waals surface area contributed by atoms with Gasteiger partial charge in [-0.3, -0.25) is 4.79 Å². The first-order valence-electron chi connectivity index (χ1n) is 9.53. The van der Waals surface area contributed by atoms with Crippen LogP contribution in [0, 0.1) is 6.92 Å². The Morgan fingerprint density at radius 1 is 1.13 bits per heavy atom. The van der Waals surface area contributed by atoms with Crippen LogP contribution in [-0.4, -0.2) is 17.4 Å². The van der Waals surface area contributed by atoms with Crippen LogP contribution in [0.15, 0.2) is 82.8 Å². The van der Waals surface area contributed by atoms with Crippen molar-refractivity contribution in [1.29, 1.82) is 0 Å². The molecule has 154 valence electrons. The molecule has 1 amide bonds. The normalized spacial score (nSPS) is 12.0. The number of halogens is 1. The third-order valence-corrected chi connectivity index (χ3v) is 5.61. The van der Waals surface area contributed by atoms with Crippen LogP contribution < -0.4 is 10.2 Å². The molecule has 0 aliphatic carbocycles. The Hall–Kier alpha value is -2.76. The Bertz CT molecular complexity index is 1000. The third-order valence-electron chi connectivity index (χ3n) is 4.27. The highest BCUT2D eigenvalue weighted by Gasteiger charge is 2.13. The van der Waals surface area contributed by atoms with Gasteiger partial charge < -0.3 is 4.74 Å². The molecule has 30 heavy (non-hydrogen) atoms. The van der Waals surface area contributed by atoms with Gasteiger partial charge in [-0.05, 0) is 73.5 Å². The van der Waals surface area contributed by atoms with Gasteiger partial charge in [0.15, 0.2) is 0 Å². The van der Waals surface area contributed by atoms with Gasteiger partial charge in [0.05, 0.1) is 11.5 Å². The molecule has 0 aliphatic rings. The molecule has 0 saturated heterocycles.